The summed E-state index contributed by atoms with van der Waals surface area (Å²) < 4.78 is 35.5. The molecule has 7 heteroatoms. The molecule has 0 aromatic heterocycles. The molecule has 0 saturated carbocycles. The fraction of sp³-hybridized carbons (Fsp3) is 0.500. The Hall–Kier alpha value is -1.08. The van der Waals surface area contributed by atoms with Gasteiger partial charge in [0.25, 0.3) is 0 Å². The molecule has 0 radical (unpaired) electrons. The number of halogens is 1. The summed E-state index contributed by atoms with van der Waals surface area (Å²) in [5.74, 6) is 0.180. The largest absolute Gasteiger partial charge is 0.349 e. The van der Waals surface area contributed by atoms with Crippen molar-refractivity contribution >= 4 is 27.5 Å². The maximum atomic E-state index is 12.8. The van der Waals surface area contributed by atoms with Gasteiger partial charge in [-0.05, 0) is 31.0 Å². The fourth-order valence-electron chi connectivity index (χ4n) is 2.20. The molecule has 1 aliphatic rings. The minimum atomic E-state index is -2.90. The topological polar surface area (TPSA) is 63.2 Å². The summed E-state index contributed by atoms with van der Waals surface area (Å²) >= 11 is 1.38. The number of sulfone groups is 1. The highest BCUT2D eigenvalue weighted by Crippen LogP contribution is 2.24. The quantitative estimate of drug-likeness (QED) is 0.895. The second-order valence-corrected chi connectivity index (χ2v) is 8.69. The highest BCUT2D eigenvalue weighted by Gasteiger charge is 2.28. The molecular weight excluding hydrogens is 313 g/mol. The van der Waals surface area contributed by atoms with Crippen LogP contribution >= 0.6 is 11.8 Å². The molecule has 2 atom stereocenters. The van der Waals surface area contributed by atoms with Crippen molar-refractivity contribution in [2.45, 2.75) is 24.6 Å². The van der Waals surface area contributed by atoms with Gasteiger partial charge in [-0.1, -0.05) is 12.1 Å². The van der Waals surface area contributed by atoms with Crippen molar-refractivity contribution in [2.75, 3.05) is 17.3 Å². The molecule has 0 bridgehead atoms. The van der Waals surface area contributed by atoms with E-state index in [9.17, 15) is 17.6 Å². The zero-order valence-corrected chi connectivity index (χ0v) is 13.3. The first kappa shape index (κ1) is 16.3. The molecule has 1 aromatic rings. The van der Waals surface area contributed by atoms with Gasteiger partial charge < -0.3 is 5.32 Å². The normalized spacial score (nSPS) is 21.9. The molecule has 1 aliphatic heterocycles. The molecule has 1 fully saturated rings. The van der Waals surface area contributed by atoms with Crippen molar-refractivity contribution in [2.24, 2.45) is 0 Å². The van der Waals surface area contributed by atoms with Crippen LogP contribution in [0.3, 0.4) is 0 Å². The van der Waals surface area contributed by atoms with Crippen molar-refractivity contribution in [1.29, 1.82) is 0 Å². The standard InChI is InChI=1S/C14H18FNO3S2/c1-10(11-2-4-12(15)5-3-11)16-14(17)8-20-13-6-7-21(18,19)9-13/h2-5,10,13H,6-9H2,1H3,(H,16,17). The van der Waals surface area contributed by atoms with Gasteiger partial charge in [0.1, 0.15) is 5.82 Å². The Morgan fingerprint density at radius 1 is 1.43 bits per heavy atom. The van der Waals surface area contributed by atoms with Crippen LogP contribution in [-0.4, -0.2) is 36.8 Å². The van der Waals surface area contributed by atoms with Gasteiger partial charge in [-0.15, -0.1) is 11.8 Å². The summed E-state index contributed by atoms with van der Waals surface area (Å²) in [5, 5.41) is 2.84. The van der Waals surface area contributed by atoms with E-state index in [1.807, 2.05) is 6.92 Å². The lowest BCUT2D eigenvalue weighted by Crippen LogP contribution is -2.29. The Morgan fingerprint density at radius 2 is 2.10 bits per heavy atom. The highest BCUT2D eigenvalue weighted by atomic mass is 32.2. The predicted molar refractivity (Wildman–Crippen MR) is 82.5 cm³/mol. The number of rotatable bonds is 5. The molecule has 1 N–H and O–H groups in total. The van der Waals surface area contributed by atoms with Crippen LogP contribution in [0.2, 0.25) is 0 Å². The lowest BCUT2D eigenvalue weighted by Gasteiger charge is -2.15. The van der Waals surface area contributed by atoms with Crippen LogP contribution in [-0.2, 0) is 14.6 Å². The number of hydrogen-bond donors (Lipinski definition) is 1. The molecule has 0 spiro atoms. The minimum absolute atomic E-state index is 0.0156. The average molecular weight is 331 g/mol. The van der Waals surface area contributed by atoms with Crippen LogP contribution < -0.4 is 5.32 Å². The number of hydrogen-bond acceptors (Lipinski definition) is 4. The lowest BCUT2D eigenvalue weighted by molar-refractivity contribution is -0.119. The van der Waals surface area contributed by atoms with Gasteiger partial charge in [0.05, 0.1) is 23.3 Å². The Kier molecular flexibility index (Phi) is 5.27. The second-order valence-electron chi connectivity index (χ2n) is 5.18. The third-order valence-electron chi connectivity index (χ3n) is 3.39. The average Bonchev–Trinajstić information content (AvgIpc) is 2.77. The van der Waals surface area contributed by atoms with Crippen LogP contribution in [0.5, 0.6) is 0 Å². The maximum absolute atomic E-state index is 12.8. The maximum Gasteiger partial charge on any atom is 0.230 e. The number of nitrogens with one attached hydrogen (secondary N) is 1. The van der Waals surface area contributed by atoms with Crippen LogP contribution in [0.15, 0.2) is 24.3 Å². The van der Waals surface area contributed by atoms with Gasteiger partial charge in [-0.25, -0.2) is 12.8 Å². The van der Waals surface area contributed by atoms with Crippen LogP contribution in [0.1, 0.15) is 24.9 Å². The van der Waals surface area contributed by atoms with E-state index in [1.165, 1.54) is 23.9 Å². The van der Waals surface area contributed by atoms with Crippen LogP contribution in [0.25, 0.3) is 0 Å². The summed E-state index contributed by atoms with van der Waals surface area (Å²) in [7, 11) is -2.90. The van der Waals surface area contributed by atoms with E-state index in [-0.39, 0.29) is 40.3 Å². The van der Waals surface area contributed by atoms with Crippen LogP contribution in [0.4, 0.5) is 4.39 Å². The van der Waals surface area contributed by atoms with Crippen molar-refractivity contribution in [3.05, 3.63) is 35.6 Å². The van der Waals surface area contributed by atoms with Gasteiger partial charge in [0.2, 0.25) is 5.91 Å². The first-order valence-electron chi connectivity index (χ1n) is 6.72. The summed E-state index contributed by atoms with van der Waals surface area (Å²) in [4.78, 5) is 11.9. The minimum Gasteiger partial charge on any atom is -0.349 e. The van der Waals surface area contributed by atoms with E-state index in [1.54, 1.807) is 12.1 Å². The summed E-state index contributed by atoms with van der Waals surface area (Å²) in [5.41, 5.74) is 0.832. The molecule has 21 heavy (non-hydrogen) atoms. The Bertz CT molecular complexity index is 601. The third kappa shape index (κ3) is 5.00. The van der Waals surface area contributed by atoms with Gasteiger partial charge >= 0.3 is 0 Å². The molecule has 2 unspecified atom stereocenters. The molecule has 1 heterocycles. The number of carbonyl (C=O) groups excluding carboxylic acids is 1. The van der Waals surface area contributed by atoms with E-state index in [0.29, 0.717) is 6.42 Å². The first-order chi connectivity index (χ1) is 9.85. The molecule has 116 valence electrons. The van der Waals surface area contributed by atoms with Crippen molar-refractivity contribution in [1.82, 2.24) is 5.32 Å². The van der Waals surface area contributed by atoms with Crippen molar-refractivity contribution in [3.8, 4) is 0 Å². The SMILES string of the molecule is CC(NC(=O)CSC1CCS(=O)(=O)C1)c1ccc(F)cc1. The molecular formula is C14H18FNO3S2. The molecule has 0 aliphatic carbocycles. The second kappa shape index (κ2) is 6.79. The first-order valence-corrected chi connectivity index (χ1v) is 9.59. The van der Waals surface area contributed by atoms with Gasteiger partial charge in [-0.3, -0.25) is 4.79 Å². The zero-order chi connectivity index (χ0) is 15.5. The van der Waals surface area contributed by atoms with Gasteiger partial charge in [0.15, 0.2) is 9.84 Å². The smallest absolute Gasteiger partial charge is 0.230 e. The lowest BCUT2D eigenvalue weighted by atomic mass is 10.1. The Labute approximate surface area is 128 Å². The molecule has 1 saturated heterocycles. The fourth-order valence-corrected chi connectivity index (χ4v) is 5.66. The monoisotopic (exact) mass is 331 g/mol. The number of amides is 1. The Morgan fingerprint density at radius 3 is 2.67 bits per heavy atom. The molecule has 4 nitrogen and oxygen atoms in total. The number of carbonyl (C=O) groups is 1. The summed E-state index contributed by atoms with van der Waals surface area (Å²) in [6.45, 7) is 1.83. The van der Waals surface area contributed by atoms with E-state index in [2.05, 4.69) is 5.32 Å². The van der Waals surface area contributed by atoms with E-state index >= 15 is 0 Å². The third-order valence-corrected chi connectivity index (χ3v) is 6.67. The summed E-state index contributed by atoms with van der Waals surface area (Å²) in [6.07, 6.45) is 0.619. The van der Waals surface area contributed by atoms with Crippen LogP contribution in [0, 0.1) is 5.82 Å². The number of thioether (sulfide) groups is 1. The van der Waals surface area contributed by atoms with Crippen molar-refractivity contribution in [3.63, 3.8) is 0 Å². The summed E-state index contributed by atoms with van der Waals surface area (Å²) in [6, 6.07) is 5.78. The van der Waals surface area contributed by atoms with Gasteiger partial charge in [0, 0.05) is 5.25 Å². The predicted octanol–water partition coefficient (Wildman–Crippen LogP) is 1.92. The van der Waals surface area contributed by atoms with E-state index in [4.69, 9.17) is 0 Å². The van der Waals surface area contributed by atoms with E-state index < -0.39 is 9.84 Å². The molecule has 1 amide bonds. The number of benzene rings is 1. The highest BCUT2D eigenvalue weighted by molar-refractivity contribution is 8.02. The van der Waals surface area contributed by atoms with Gasteiger partial charge in [-0.2, -0.15) is 0 Å². The Balaban J connectivity index is 1.78. The molecule has 1 aromatic carbocycles. The zero-order valence-electron chi connectivity index (χ0n) is 11.7. The van der Waals surface area contributed by atoms with E-state index in [0.717, 1.165) is 5.56 Å². The van der Waals surface area contributed by atoms with Crippen molar-refractivity contribution < 1.29 is 17.6 Å². The molecule has 2 rings (SSSR count).